The van der Waals surface area contributed by atoms with E-state index in [1.165, 1.54) is 0 Å². The number of benzene rings is 1. The minimum atomic E-state index is -4.61. The van der Waals surface area contributed by atoms with Crippen molar-refractivity contribution in [1.29, 1.82) is 0 Å². The van der Waals surface area contributed by atoms with E-state index >= 15 is 0 Å². The van der Waals surface area contributed by atoms with Crippen LogP contribution in [0.25, 0.3) is 0 Å². The molecule has 0 aromatic heterocycles. The lowest BCUT2D eigenvalue weighted by Crippen LogP contribution is -2.57. The van der Waals surface area contributed by atoms with Crippen molar-refractivity contribution >= 4 is 37.2 Å². The Balaban J connectivity index is 3.22. The molecule has 4 atom stereocenters. The number of esters is 1. The number of hydrogen-bond acceptors (Lipinski definition) is 8. The van der Waals surface area contributed by atoms with E-state index in [0.717, 1.165) is 12.7 Å². The molecule has 0 fully saturated rings. The number of ether oxygens (including phenoxy) is 1. The first kappa shape index (κ1) is 37.7. The summed E-state index contributed by atoms with van der Waals surface area (Å²) in [5.74, 6) is -5.35. The van der Waals surface area contributed by atoms with Crippen LogP contribution in [0.3, 0.4) is 0 Å². The second-order valence-electron chi connectivity index (χ2n) is 11.5. The Bertz CT molecular complexity index is 1130. The number of hydrogen-bond donors (Lipinski definition) is 5. The summed E-state index contributed by atoms with van der Waals surface area (Å²) >= 11 is 0. The summed E-state index contributed by atoms with van der Waals surface area (Å²) in [5.41, 5.74) is 0.814. The summed E-state index contributed by atoms with van der Waals surface area (Å²) in [7, 11) is -3.52. The van der Waals surface area contributed by atoms with Crippen LogP contribution in [0.15, 0.2) is 30.3 Å². The zero-order valence-electron chi connectivity index (χ0n) is 26.0. The van der Waals surface area contributed by atoms with Gasteiger partial charge in [-0.2, -0.15) is 0 Å². The van der Waals surface area contributed by atoms with Crippen molar-refractivity contribution in [2.24, 2.45) is 17.8 Å². The molecule has 1 rings (SSSR count). The fourth-order valence-electron chi connectivity index (χ4n) is 3.94. The average molecular weight is 627 g/mol. The lowest BCUT2D eigenvalue weighted by Gasteiger charge is -2.28. The van der Waals surface area contributed by atoms with Gasteiger partial charge >= 0.3 is 13.6 Å². The first-order valence-corrected chi connectivity index (χ1v) is 15.9. The maximum absolute atomic E-state index is 13.5. The monoisotopic (exact) mass is 626 g/mol. The summed E-state index contributed by atoms with van der Waals surface area (Å²) in [6.45, 7) is 10.0. The van der Waals surface area contributed by atoms with E-state index < -0.39 is 62.2 Å². The molecule has 0 spiro atoms. The number of rotatable bonds is 18. The van der Waals surface area contributed by atoms with E-state index in [0.29, 0.717) is 0 Å². The van der Waals surface area contributed by atoms with Crippen LogP contribution in [0, 0.1) is 17.8 Å². The lowest BCUT2D eigenvalue weighted by molar-refractivity contribution is -0.143. The highest BCUT2D eigenvalue weighted by atomic mass is 31.2. The molecule has 242 valence electrons. The maximum Gasteiger partial charge on any atom is 0.350 e. The van der Waals surface area contributed by atoms with Crippen molar-refractivity contribution in [1.82, 2.24) is 21.3 Å². The van der Waals surface area contributed by atoms with Crippen LogP contribution < -0.4 is 21.3 Å². The second kappa shape index (κ2) is 18.4. The summed E-state index contributed by atoms with van der Waals surface area (Å²) < 4.78 is 22.4. The molecule has 0 heterocycles. The maximum atomic E-state index is 13.5. The molecule has 0 aliphatic carbocycles. The Morgan fingerprint density at radius 1 is 0.837 bits per heavy atom. The molecule has 0 radical (unpaired) electrons. The molecule has 1 aromatic rings. The van der Waals surface area contributed by atoms with Gasteiger partial charge in [-0.05, 0) is 29.7 Å². The van der Waals surface area contributed by atoms with Gasteiger partial charge < -0.3 is 30.9 Å². The third-order valence-electron chi connectivity index (χ3n) is 6.21. The normalized spacial score (nSPS) is 14.8. The molecule has 5 N–H and O–H groups in total. The molecule has 0 aliphatic rings. The van der Waals surface area contributed by atoms with Crippen LogP contribution in [0.2, 0.25) is 0 Å². The summed E-state index contributed by atoms with van der Waals surface area (Å²) in [6, 6.07) is 6.58. The standard InChI is InChI=1S/C29H47N4O9P/c1-18(2)13-24(35)32-27(20(5)6)29(38)31-22(15-23(34)30-16-21-11-9-8-10-12-21)28(37)33-25(14-19(3)4)43(39,40)42-17-26(36)41-7/h8-12,18-20,22,25,27H,13-17H2,1-7H3,(H,30,34)(H,31,38)(H,32,35)(H,33,37)(H,39,40)/t22-,25+,27-/m0/s1. The molecule has 0 saturated heterocycles. The molecule has 1 unspecified atom stereocenters. The van der Waals surface area contributed by atoms with Gasteiger partial charge in [0.1, 0.15) is 17.9 Å². The first-order valence-electron chi connectivity index (χ1n) is 14.3. The van der Waals surface area contributed by atoms with E-state index in [-0.39, 0.29) is 43.0 Å². The quantitative estimate of drug-likeness (QED) is 0.120. The fourth-order valence-corrected chi connectivity index (χ4v) is 5.39. The Kier molecular flexibility index (Phi) is 16.2. The number of methoxy groups -OCH3 is 1. The van der Waals surface area contributed by atoms with Crippen molar-refractivity contribution in [3.05, 3.63) is 35.9 Å². The Morgan fingerprint density at radius 2 is 1.47 bits per heavy atom. The summed E-state index contributed by atoms with van der Waals surface area (Å²) in [5, 5.41) is 10.4. The van der Waals surface area contributed by atoms with Crippen LogP contribution in [0.1, 0.15) is 66.4 Å². The van der Waals surface area contributed by atoms with Gasteiger partial charge in [0, 0.05) is 13.0 Å². The summed E-state index contributed by atoms with van der Waals surface area (Å²) in [6.07, 6.45) is -0.319. The molecule has 0 bridgehead atoms. The third kappa shape index (κ3) is 14.6. The van der Waals surface area contributed by atoms with E-state index in [2.05, 4.69) is 26.0 Å². The number of carbonyl (C=O) groups excluding carboxylic acids is 5. The average Bonchev–Trinajstić information content (AvgIpc) is 2.92. The predicted molar refractivity (Wildman–Crippen MR) is 160 cm³/mol. The molecule has 4 amide bonds. The Hall–Kier alpha value is -3.28. The zero-order valence-corrected chi connectivity index (χ0v) is 26.9. The first-order chi connectivity index (χ1) is 20.0. The van der Waals surface area contributed by atoms with Crippen LogP contribution in [-0.2, 0) is 44.3 Å². The van der Waals surface area contributed by atoms with Gasteiger partial charge in [-0.15, -0.1) is 0 Å². The fraction of sp³-hybridized carbons (Fsp3) is 0.621. The largest absolute Gasteiger partial charge is 0.467 e. The lowest BCUT2D eigenvalue weighted by atomic mass is 10.0. The van der Waals surface area contributed by atoms with Gasteiger partial charge in [0.25, 0.3) is 0 Å². The topological polar surface area (TPSA) is 189 Å². The highest BCUT2D eigenvalue weighted by molar-refractivity contribution is 7.53. The molecule has 0 saturated carbocycles. The van der Waals surface area contributed by atoms with Crippen molar-refractivity contribution in [3.63, 3.8) is 0 Å². The number of nitrogens with one attached hydrogen (secondary N) is 4. The molecular formula is C29H47N4O9P. The van der Waals surface area contributed by atoms with Gasteiger partial charge in [0.2, 0.25) is 23.6 Å². The highest BCUT2D eigenvalue weighted by Gasteiger charge is 2.38. The smallest absolute Gasteiger partial charge is 0.350 e. The molecule has 1 aromatic carbocycles. The van der Waals surface area contributed by atoms with Gasteiger partial charge in [-0.1, -0.05) is 71.9 Å². The van der Waals surface area contributed by atoms with E-state index in [1.807, 2.05) is 44.2 Å². The highest BCUT2D eigenvalue weighted by Crippen LogP contribution is 2.48. The van der Waals surface area contributed by atoms with Gasteiger partial charge in [-0.25, -0.2) is 4.79 Å². The van der Waals surface area contributed by atoms with Crippen molar-refractivity contribution in [3.8, 4) is 0 Å². The predicted octanol–water partition coefficient (Wildman–Crippen LogP) is 2.23. The van der Waals surface area contributed by atoms with Gasteiger partial charge in [0.15, 0.2) is 6.61 Å². The van der Waals surface area contributed by atoms with Crippen LogP contribution in [0.4, 0.5) is 0 Å². The van der Waals surface area contributed by atoms with Crippen LogP contribution >= 0.6 is 7.60 Å². The SMILES string of the molecule is COC(=O)COP(=O)(O)[C@H](CC(C)C)NC(=O)[C@H](CC(=O)NCc1ccccc1)NC(=O)[C@@H](NC(=O)CC(C)C)C(C)C. The number of carbonyl (C=O) groups is 5. The molecule has 14 heteroatoms. The molecule has 0 aliphatic heterocycles. The minimum Gasteiger partial charge on any atom is -0.467 e. The van der Waals surface area contributed by atoms with Gasteiger partial charge in [-0.3, -0.25) is 28.3 Å². The van der Waals surface area contributed by atoms with E-state index in [4.69, 9.17) is 4.52 Å². The van der Waals surface area contributed by atoms with Crippen LogP contribution in [0.5, 0.6) is 0 Å². The van der Waals surface area contributed by atoms with Crippen LogP contribution in [-0.4, -0.2) is 66.1 Å². The third-order valence-corrected chi connectivity index (χ3v) is 7.83. The van der Waals surface area contributed by atoms with Crippen molar-refractivity contribution in [2.45, 2.75) is 85.2 Å². The van der Waals surface area contributed by atoms with E-state index in [1.54, 1.807) is 27.7 Å². The zero-order chi connectivity index (χ0) is 32.7. The Morgan fingerprint density at radius 3 is 2.00 bits per heavy atom. The van der Waals surface area contributed by atoms with Crippen molar-refractivity contribution < 1.29 is 42.7 Å². The molecular weight excluding hydrogens is 579 g/mol. The van der Waals surface area contributed by atoms with Crippen molar-refractivity contribution in [2.75, 3.05) is 13.7 Å². The second-order valence-corrected chi connectivity index (χ2v) is 13.5. The minimum absolute atomic E-state index is 0.0125. The molecule has 43 heavy (non-hydrogen) atoms. The van der Waals surface area contributed by atoms with E-state index in [9.17, 15) is 33.4 Å². The number of amides is 4. The van der Waals surface area contributed by atoms with Gasteiger partial charge in [0.05, 0.1) is 13.5 Å². The Labute approximate surface area is 253 Å². The summed E-state index contributed by atoms with van der Waals surface area (Å²) in [4.78, 5) is 74.3. The molecule has 13 nitrogen and oxygen atoms in total.